The zero-order valence-corrected chi connectivity index (χ0v) is 14.6. The van der Waals surface area contributed by atoms with Gasteiger partial charge in [-0.15, -0.1) is 11.3 Å². The average molecular weight is 337 g/mol. The number of benzene rings is 1. The molecule has 0 aliphatic carbocycles. The number of hydrogen-bond acceptors (Lipinski definition) is 4. The lowest BCUT2D eigenvalue weighted by atomic mass is 10.1. The number of nitrogens with one attached hydrogen (secondary N) is 1. The van der Waals surface area contributed by atoms with E-state index in [4.69, 9.17) is 0 Å². The van der Waals surface area contributed by atoms with Crippen LogP contribution in [0.25, 0.3) is 10.6 Å². The highest BCUT2D eigenvalue weighted by Gasteiger charge is 2.11. The van der Waals surface area contributed by atoms with Crippen LogP contribution in [0.5, 0.6) is 0 Å². The van der Waals surface area contributed by atoms with Crippen molar-refractivity contribution in [1.29, 1.82) is 0 Å². The van der Waals surface area contributed by atoms with Gasteiger partial charge in [-0.25, -0.2) is 4.98 Å². The van der Waals surface area contributed by atoms with Gasteiger partial charge in [-0.1, -0.05) is 24.3 Å². The number of rotatable bonds is 5. The summed E-state index contributed by atoms with van der Waals surface area (Å²) in [6.07, 6.45) is 3.95. The first-order chi connectivity index (χ1) is 11.6. The second-order valence-corrected chi connectivity index (χ2v) is 6.73. The number of carbonyl (C=O) groups is 1. The van der Waals surface area contributed by atoms with Crippen molar-refractivity contribution < 1.29 is 4.79 Å². The molecule has 5 heteroatoms. The number of nitrogens with zero attached hydrogens (tertiary/aromatic N) is 2. The summed E-state index contributed by atoms with van der Waals surface area (Å²) in [5.74, 6) is 0.0278. The molecular formula is C19H19N3OS. The highest BCUT2D eigenvalue weighted by molar-refractivity contribution is 7.15. The smallest absolute Gasteiger partial charge is 0.224 e. The van der Waals surface area contributed by atoms with Crippen molar-refractivity contribution in [2.75, 3.05) is 0 Å². The first-order valence-corrected chi connectivity index (χ1v) is 8.63. The molecule has 3 rings (SSSR count). The van der Waals surface area contributed by atoms with Crippen LogP contribution >= 0.6 is 11.3 Å². The first-order valence-electron chi connectivity index (χ1n) is 7.81. The minimum atomic E-state index is 0.0278. The summed E-state index contributed by atoms with van der Waals surface area (Å²) in [6, 6.07) is 11.9. The van der Waals surface area contributed by atoms with Gasteiger partial charge in [0, 0.05) is 22.8 Å². The number of carbonyl (C=O) groups excluding carboxylic acids is 1. The molecule has 0 saturated carbocycles. The normalized spacial score (nSPS) is 10.6. The lowest BCUT2D eigenvalue weighted by molar-refractivity contribution is -0.120. The van der Waals surface area contributed by atoms with Gasteiger partial charge in [0.15, 0.2) is 0 Å². The summed E-state index contributed by atoms with van der Waals surface area (Å²) in [6.45, 7) is 4.50. The second kappa shape index (κ2) is 7.36. The number of amides is 1. The molecule has 4 nitrogen and oxygen atoms in total. The fourth-order valence-corrected chi connectivity index (χ4v) is 3.42. The van der Waals surface area contributed by atoms with Crippen molar-refractivity contribution in [1.82, 2.24) is 15.3 Å². The van der Waals surface area contributed by atoms with Crippen LogP contribution < -0.4 is 5.32 Å². The van der Waals surface area contributed by atoms with E-state index in [0.717, 1.165) is 32.3 Å². The van der Waals surface area contributed by atoms with Gasteiger partial charge >= 0.3 is 0 Å². The second-order valence-electron chi connectivity index (χ2n) is 5.65. The van der Waals surface area contributed by atoms with Crippen LogP contribution in [0.4, 0.5) is 0 Å². The van der Waals surface area contributed by atoms with Crippen molar-refractivity contribution in [3.63, 3.8) is 0 Å². The van der Waals surface area contributed by atoms with E-state index >= 15 is 0 Å². The molecule has 2 heterocycles. The van der Waals surface area contributed by atoms with E-state index in [0.29, 0.717) is 13.0 Å². The maximum absolute atomic E-state index is 12.2. The molecule has 0 aliphatic heterocycles. The number of hydrogen-bond donors (Lipinski definition) is 1. The van der Waals surface area contributed by atoms with Gasteiger partial charge < -0.3 is 5.32 Å². The first kappa shape index (κ1) is 16.3. The molecule has 1 aromatic carbocycles. The van der Waals surface area contributed by atoms with E-state index < -0.39 is 0 Å². The molecule has 0 atom stereocenters. The Bertz CT molecular complexity index is 843. The summed E-state index contributed by atoms with van der Waals surface area (Å²) >= 11 is 1.60. The maximum Gasteiger partial charge on any atom is 0.224 e. The molecular weight excluding hydrogens is 318 g/mol. The summed E-state index contributed by atoms with van der Waals surface area (Å²) in [5.41, 5.74) is 4.16. The van der Waals surface area contributed by atoms with Crippen molar-refractivity contribution in [3.05, 3.63) is 70.5 Å². The predicted octanol–water partition coefficient (Wildman–Crippen LogP) is 3.68. The quantitative estimate of drug-likeness (QED) is 0.773. The van der Waals surface area contributed by atoms with Crippen LogP contribution in [0.1, 0.15) is 21.7 Å². The van der Waals surface area contributed by atoms with Crippen molar-refractivity contribution in [2.24, 2.45) is 0 Å². The van der Waals surface area contributed by atoms with E-state index in [1.165, 1.54) is 0 Å². The molecule has 1 N–H and O–H groups in total. The Labute approximate surface area is 145 Å². The van der Waals surface area contributed by atoms with E-state index in [1.807, 2.05) is 50.2 Å². The standard InChI is InChI=1S/C19H19N3OS/c1-13-6-3-4-7-15(13)10-18(23)21-12-17-14(2)22-19(24-17)16-8-5-9-20-11-16/h3-9,11H,10,12H2,1-2H3,(H,21,23). The van der Waals surface area contributed by atoms with Gasteiger partial charge in [-0.3, -0.25) is 9.78 Å². The molecule has 0 fully saturated rings. The molecule has 3 aromatic rings. The molecule has 0 bridgehead atoms. The van der Waals surface area contributed by atoms with Crippen LogP contribution in [0.3, 0.4) is 0 Å². The Balaban J connectivity index is 1.64. The lowest BCUT2D eigenvalue weighted by Gasteiger charge is -2.06. The number of aryl methyl sites for hydroxylation is 2. The third-order valence-electron chi connectivity index (χ3n) is 3.86. The molecule has 0 aliphatic rings. The average Bonchev–Trinajstić information content (AvgIpc) is 2.97. The van der Waals surface area contributed by atoms with Crippen molar-refractivity contribution in [3.8, 4) is 10.6 Å². The molecule has 2 aromatic heterocycles. The molecule has 24 heavy (non-hydrogen) atoms. The number of thiazole rings is 1. The van der Waals surface area contributed by atoms with Crippen LogP contribution in [-0.2, 0) is 17.8 Å². The highest BCUT2D eigenvalue weighted by atomic mass is 32.1. The Morgan fingerprint density at radius 1 is 1.17 bits per heavy atom. The maximum atomic E-state index is 12.2. The van der Waals surface area contributed by atoms with Crippen LogP contribution in [-0.4, -0.2) is 15.9 Å². The van der Waals surface area contributed by atoms with Gasteiger partial charge in [-0.2, -0.15) is 0 Å². The van der Waals surface area contributed by atoms with E-state index in [2.05, 4.69) is 15.3 Å². The van der Waals surface area contributed by atoms with Gasteiger partial charge in [0.2, 0.25) is 5.91 Å². The van der Waals surface area contributed by atoms with Gasteiger partial charge in [0.05, 0.1) is 18.7 Å². The molecule has 0 spiro atoms. The summed E-state index contributed by atoms with van der Waals surface area (Å²) in [7, 11) is 0. The van der Waals surface area contributed by atoms with Crippen molar-refractivity contribution >= 4 is 17.2 Å². The van der Waals surface area contributed by atoms with Crippen LogP contribution in [0, 0.1) is 13.8 Å². The SMILES string of the molecule is Cc1ccccc1CC(=O)NCc1sc(-c2cccnc2)nc1C. The van der Waals surface area contributed by atoms with Crippen LogP contribution in [0.15, 0.2) is 48.8 Å². The summed E-state index contributed by atoms with van der Waals surface area (Å²) in [5, 5.41) is 3.93. The van der Waals surface area contributed by atoms with Gasteiger partial charge in [0.1, 0.15) is 5.01 Å². The topological polar surface area (TPSA) is 54.9 Å². The Kier molecular flexibility index (Phi) is 5.01. The number of aromatic nitrogens is 2. The Morgan fingerprint density at radius 3 is 2.75 bits per heavy atom. The number of pyridine rings is 1. The predicted molar refractivity (Wildman–Crippen MR) is 96.8 cm³/mol. The molecule has 1 amide bonds. The van der Waals surface area contributed by atoms with Gasteiger partial charge in [0.25, 0.3) is 0 Å². The highest BCUT2D eigenvalue weighted by Crippen LogP contribution is 2.27. The Hall–Kier alpha value is -2.53. The molecule has 0 saturated heterocycles. The summed E-state index contributed by atoms with van der Waals surface area (Å²) < 4.78 is 0. The third-order valence-corrected chi connectivity index (χ3v) is 5.07. The minimum absolute atomic E-state index is 0.0278. The Morgan fingerprint density at radius 2 is 2.00 bits per heavy atom. The van der Waals surface area contributed by atoms with Gasteiger partial charge in [-0.05, 0) is 37.1 Å². The van der Waals surface area contributed by atoms with Crippen molar-refractivity contribution in [2.45, 2.75) is 26.8 Å². The molecule has 0 unspecified atom stereocenters. The largest absolute Gasteiger partial charge is 0.351 e. The lowest BCUT2D eigenvalue weighted by Crippen LogP contribution is -2.24. The third kappa shape index (κ3) is 3.86. The zero-order valence-electron chi connectivity index (χ0n) is 13.7. The summed E-state index contributed by atoms with van der Waals surface area (Å²) in [4.78, 5) is 22.0. The molecule has 122 valence electrons. The van der Waals surface area contributed by atoms with E-state index in [9.17, 15) is 4.79 Å². The fraction of sp³-hybridized carbons (Fsp3) is 0.211. The fourth-order valence-electron chi connectivity index (χ4n) is 2.43. The monoisotopic (exact) mass is 337 g/mol. The van der Waals surface area contributed by atoms with E-state index in [-0.39, 0.29) is 5.91 Å². The van der Waals surface area contributed by atoms with Crippen LogP contribution in [0.2, 0.25) is 0 Å². The molecule has 0 radical (unpaired) electrons. The minimum Gasteiger partial charge on any atom is -0.351 e. The zero-order chi connectivity index (χ0) is 16.9. The van der Waals surface area contributed by atoms with E-state index in [1.54, 1.807) is 23.7 Å².